The van der Waals surface area contributed by atoms with Crippen LogP contribution in [0.1, 0.15) is 16.8 Å². The van der Waals surface area contributed by atoms with Crippen molar-refractivity contribution < 1.29 is 4.74 Å². The van der Waals surface area contributed by atoms with Gasteiger partial charge in [0.15, 0.2) is 0 Å². The number of benzene rings is 1. The van der Waals surface area contributed by atoms with Crippen LogP contribution < -0.4 is 4.74 Å². The van der Waals surface area contributed by atoms with Crippen molar-refractivity contribution in [1.82, 2.24) is 9.97 Å². The summed E-state index contributed by atoms with van der Waals surface area (Å²) in [4.78, 5) is 8.01. The minimum absolute atomic E-state index is 0.198. The van der Waals surface area contributed by atoms with E-state index in [9.17, 15) is 0 Å². The number of hydrogen-bond acceptors (Lipinski definition) is 3. The molecule has 0 atom stereocenters. The van der Waals surface area contributed by atoms with Crippen molar-refractivity contribution in [3.63, 3.8) is 0 Å². The Balaban J connectivity index is 2.31. The van der Waals surface area contributed by atoms with E-state index >= 15 is 0 Å². The van der Waals surface area contributed by atoms with E-state index in [-0.39, 0.29) is 5.28 Å². The molecule has 17 heavy (non-hydrogen) atoms. The summed E-state index contributed by atoms with van der Waals surface area (Å²) in [5.74, 6) is 1.23. The normalized spacial score (nSPS) is 10.4. The van der Waals surface area contributed by atoms with Gasteiger partial charge in [-0.25, -0.2) is 4.98 Å². The second kappa shape index (κ2) is 4.72. The molecule has 0 radical (unpaired) electrons. The highest BCUT2D eigenvalue weighted by Gasteiger charge is 2.03. The Bertz CT molecular complexity index is 465. The quantitative estimate of drug-likeness (QED) is 0.758. The van der Waals surface area contributed by atoms with E-state index in [4.69, 9.17) is 16.3 Å². The molecule has 1 aromatic heterocycles. The van der Waals surface area contributed by atoms with Gasteiger partial charge in [0.05, 0.1) is 0 Å². The van der Waals surface area contributed by atoms with Gasteiger partial charge in [0.25, 0.3) is 0 Å². The summed E-state index contributed by atoms with van der Waals surface area (Å²) >= 11 is 5.78. The lowest BCUT2D eigenvalue weighted by Crippen LogP contribution is -1.93. The van der Waals surface area contributed by atoms with Crippen molar-refractivity contribution in [3.05, 3.63) is 46.4 Å². The maximum absolute atomic E-state index is 5.78. The molecule has 88 valence electrons. The van der Waals surface area contributed by atoms with Gasteiger partial charge in [0.1, 0.15) is 5.75 Å². The largest absolute Gasteiger partial charge is 0.439 e. The Kier molecular flexibility index (Phi) is 3.29. The summed E-state index contributed by atoms with van der Waals surface area (Å²) < 4.78 is 5.67. The molecule has 0 unspecified atom stereocenters. The summed E-state index contributed by atoms with van der Waals surface area (Å²) in [7, 11) is 0. The fourth-order valence-electron chi connectivity index (χ4n) is 1.67. The fraction of sp³-hybridized carbons (Fsp3) is 0.231. The number of nitrogens with zero attached hydrogens (tertiary/aromatic N) is 2. The number of hydrogen-bond donors (Lipinski definition) is 0. The van der Waals surface area contributed by atoms with Gasteiger partial charge in [-0.2, -0.15) is 4.98 Å². The molecule has 0 aliphatic carbocycles. The Morgan fingerprint density at radius 3 is 2.18 bits per heavy atom. The van der Waals surface area contributed by atoms with Gasteiger partial charge in [-0.1, -0.05) is 6.07 Å². The summed E-state index contributed by atoms with van der Waals surface area (Å²) in [5.41, 5.74) is 3.08. The van der Waals surface area contributed by atoms with E-state index in [2.05, 4.69) is 16.0 Å². The van der Waals surface area contributed by atoms with Crippen molar-refractivity contribution in [2.75, 3.05) is 0 Å². The maximum atomic E-state index is 5.78. The highest BCUT2D eigenvalue weighted by Crippen LogP contribution is 2.23. The smallest absolute Gasteiger partial charge is 0.225 e. The van der Waals surface area contributed by atoms with E-state index in [0.29, 0.717) is 5.88 Å². The lowest BCUT2D eigenvalue weighted by Gasteiger charge is -2.07. The van der Waals surface area contributed by atoms with Gasteiger partial charge in [-0.15, -0.1) is 0 Å². The predicted molar refractivity (Wildman–Crippen MR) is 67.8 cm³/mol. The lowest BCUT2D eigenvalue weighted by molar-refractivity contribution is 0.460. The zero-order valence-electron chi connectivity index (χ0n) is 9.99. The molecule has 0 fully saturated rings. The minimum Gasteiger partial charge on any atom is -0.439 e. The van der Waals surface area contributed by atoms with Crippen LogP contribution in [0.25, 0.3) is 0 Å². The van der Waals surface area contributed by atoms with Crippen LogP contribution in [0.5, 0.6) is 11.6 Å². The van der Waals surface area contributed by atoms with Crippen molar-refractivity contribution in [3.8, 4) is 11.6 Å². The van der Waals surface area contributed by atoms with Crippen molar-refractivity contribution >= 4 is 11.6 Å². The van der Waals surface area contributed by atoms with Crippen LogP contribution in [0.4, 0.5) is 0 Å². The van der Waals surface area contributed by atoms with Gasteiger partial charge in [-0.05, 0) is 55.6 Å². The number of aryl methyl sites for hydroxylation is 3. The highest BCUT2D eigenvalue weighted by atomic mass is 35.5. The lowest BCUT2D eigenvalue weighted by atomic mass is 10.1. The number of ether oxygens (including phenoxy) is 1. The second-order valence-corrected chi connectivity index (χ2v) is 4.38. The average molecular weight is 249 g/mol. The molecule has 0 bridgehead atoms. The van der Waals surface area contributed by atoms with Gasteiger partial charge in [0.2, 0.25) is 11.2 Å². The maximum Gasteiger partial charge on any atom is 0.225 e. The SMILES string of the molecule is Cc1cc(C)cc(Oc2cc(C)nc(Cl)n2)c1. The monoisotopic (exact) mass is 248 g/mol. The molecule has 2 aromatic rings. The topological polar surface area (TPSA) is 35.0 Å². The van der Waals surface area contributed by atoms with Crippen molar-refractivity contribution in [1.29, 1.82) is 0 Å². The van der Waals surface area contributed by atoms with E-state index in [1.54, 1.807) is 6.07 Å². The third kappa shape index (κ3) is 3.17. The number of rotatable bonds is 2. The van der Waals surface area contributed by atoms with Crippen LogP contribution in [0.15, 0.2) is 24.3 Å². The Morgan fingerprint density at radius 1 is 0.941 bits per heavy atom. The van der Waals surface area contributed by atoms with Crippen molar-refractivity contribution in [2.24, 2.45) is 0 Å². The van der Waals surface area contributed by atoms with Crippen LogP contribution in [0.3, 0.4) is 0 Å². The molecule has 1 heterocycles. The molecule has 0 spiro atoms. The molecule has 0 aliphatic rings. The fourth-order valence-corrected chi connectivity index (χ4v) is 1.89. The average Bonchev–Trinajstić information content (AvgIpc) is 2.13. The molecule has 1 aromatic carbocycles. The predicted octanol–water partition coefficient (Wildman–Crippen LogP) is 3.85. The molecule has 0 saturated carbocycles. The number of halogens is 1. The molecule has 0 aliphatic heterocycles. The molecular formula is C13H13ClN2O. The van der Waals surface area contributed by atoms with Crippen LogP contribution in [0.2, 0.25) is 5.28 Å². The summed E-state index contributed by atoms with van der Waals surface area (Å²) in [6.07, 6.45) is 0. The van der Waals surface area contributed by atoms with Gasteiger partial charge in [-0.3, -0.25) is 0 Å². The summed E-state index contributed by atoms with van der Waals surface area (Å²) in [5, 5.41) is 0.198. The van der Waals surface area contributed by atoms with Crippen LogP contribution in [0, 0.1) is 20.8 Å². The Labute approximate surface area is 105 Å². The number of aromatic nitrogens is 2. The minimum atomic E-state index is 0.198. The zero-order chi connectivity index (χ0) is 12.4. The highest BCUT2D eigenvalue weighted by molar-refractivity contribution is 6.28. The van der Waals surface area contributed by atoms with Gasteiger partial charge in [0, 0.05) is 11.8 Å². The Morgan fingerprint density at radius 2 is 1.59 bits per heavy atom. The third-order valence-corrected chi connectivity index (χ3v) is 2.39. The van der Waals surface area contributed by atoms with Gasteiger partial charge >= 0.3 is 0 Å². The second-order valence-electron chi connectivity index (χ2n) is 4.04. The Hall–Kier alpha value is -1.61. The molecule has 0 N–H and O–H groups in total. The summed E-state index contributed by atoms with van der Waals surface area (Å²) in [6, 6.07) is 7.76. The van der Waals surface area contributed by atoms with Gasteiger partial charge < -0.3 is 4.74 Å². The van der Waals surface area contributed by atoms with Crippen LogP contribution in [-0.2, 0) is 0 Å². The molecule has 2 rings (SSSR count). The molecule has 4 heteroatoms. The van der Waals surface area contributed by atoms with E-state index < -0.39 is 0 Å². The zero-order valence-corrected chi connectivity index (χ0v) is 10.7. The summed E-state index contributed by atoms with van der Waals surface area (Å²) in [6.45, 7) is 5.90. The van der Waals surface area contributed by atoms with Crippen molar-refractivity contribution in [2.45, 2.75) is 20.8 Å². The van der Waals surface area contributed by atoms with E-state index in [0.717, 1.165) is 22.6 Å². The van der Waals surface area contributed by atoms with Crippen LogP contribution in [-0.4, -0.2) is 9.97 Å². The van der Waals surface area contributed by atoms with E-state index in [1.165, 1.54) is 0 Å². The third-order valence-electron chi connectivity index (χ3n) is 2.22. The van der Waals surface area contributed by atoms with E-state index in [1.807, 2.05) is 32.9 Å². The first-order valence-corrected chi connectivity index (χ1v) is 5.68. The first kappa shape index (κ1) is 11.9. The molecule has 3 nitrogen and oxygen atoms in total. The molecule has 0 saturated heterocycles. The van der Waals surface area contributed by atoms with Crippen LogP contribution >= 0.6 is 11.6 Å². The standard InChI is InChI=1S/C13H13ClN2O/c1-8-4-9(2)6-11(5-8)17-12-7-10(3)15-13(14)16-12/h4-7H,1-3H3. The first-order valence-electron chi connectivity index (χ1n) is 5.30. The molecular weight excluding hydrogens is 236 g/mol. The first-order chi connectivity index (χ1) is 8.02. The molecule has 0 amide bonds.